The van der Waals surface area contributed by atoms with Crippen molar-refractivity contribution in [2.24, 2.45) is 0 Å². The van der Waals surface area contributed by atoms with E-state index in [2.05, 4.69) is 10.0 Å². The number of amides is 1. The van der Waals surface area contributed by atoms with Gasteiger partial charge in [0.1, 0.15) is 5.82 Å². The van der Waals surface area contributed by atoms with Crippen molar-refractivity contribution >= 4 is 33.2 Å². The average Bonchev–Trinajstić information content (AvgIpc) is 2.51. The summed E-state index contributed by atoms with van der Waals surface area (Å²) in [6, 6.07) is 8.28. The molecule has 0 unspecified atom stereocenters. The SMILES string of the molecule is Cc1ccc(NC(=O)[C@H](C)NS(=O)(=O)c2ccc(F)cc2)cc1Cl. The molecule has 0 heterocycles. The minimum Gasteiger partial charge on any atom is -0.325 e. The molecule has 128 valence electrons. The molecular weight excluding hydrogens is 355 g/mol. The molecule has 0 fully saturated rings. The number of hydrogen-bond acceptors (Lipinski definition) is 3. The highest BCUT2D eigenvalue weighted by Crippen LogP contribution is 2.20. The van der Waals surface area contributed by atoms with Crippen LogP contribution in [0.15, 0.2) is 47.4 Å². The van der Waals surface area contributed by atoms with E-state index in [4.69, 9.17) is 11.6 Å². The highest BCUT2D eigenvalue weighted by Gasteiger charge is 2.22. The molecule has 0 bridgehead atoms. The van der Waals surface area contributed by atoms with Gasteiger partial charge >= 0.3 is 0 Å². The zero-order valence-corrected chi connectivity index (χ0v) is 14.6. The lowest BCUT2D eigenvalue weighted by molar-refractivity contribution is -0.117. The summed E-state index contributed by atoms with van der Waals surface area (Å²) in [4.78, 5) is 12.0. The van der Waals surface area contributed by atoms with Gasteiger partial charge in [0.25, 0.3) is 0 Å². The first-order chi connectivity index (χ1) is 11.2. The lowest BCUT2D eigenvalue weighted by Gasteiger charge is -2.15. The van der Waals surface area contributed by atoms with Crippen molar-refractivity contribution in [1.29, 1.82) is 0 Å². The highest BCUT2D eigenvalue weighted by molar-refractivity contribution is 7.89. The van der Waals surface area contributed by atoms with Gasteiger partial charge < -0.3 is 5.32 Å². The average molecular weight is 371 g/mol. The van der Waals surface area contributed by atoms with Gasteiger partial charge in [-0.05, 0) is 55.8 Å². The van der Waals surface area contributed by atoms with E-state index in [-0.39, 0.29) is 4.90 Å². The first-order valence-electron chi connectivity index (χ1n) is 7.04. The molecule has 0 saturated carbocycles. The number of anilines is 1. The van der Waals surface area contributed by atoms with Crippen molar-refractivity contribution in [1.82, 2.24) is 4.72 Å². The molecule has 5 nitrogen and oxygen atoms in total. The van der Waals surface area contributed by atoms with Crippen molar-refractivity contribution < 1.29 is 17.6 Å². The number of halogens is 2. The van der Waals surface area contributed by atoms with Crippen LogP contribution in [0.3, 0.4) is 0 Å². The maximum atomic E-state index is 12.9. The number of carbonyl (C=O) groups is 1. The Balaban J connectivity index is 2.07. The van der Waals surface area contributed by atoms with E-state index in [1.165, 1.54) is 6.92 Å². The Morgan fingerprint density at radius 1 is 1.17 bits per heavy atom. The predicted octanol–water partition coefficient (Wildman–Crippen LogP) is 3.09. The van der Waals surface area contributed by atoms with Gasteiger partial charge in [0.2, 0.25) is 15.9 Å². The summed E-state index contributed by atoms with van der Waals surface area (Å²) < 4.78 is 39.5. The van der Waals surface area contributed by atoms with Crippen molar-refractivity contribution in [3.8, 4) is 0 Å². The molecule has 2 aromatic rings. The summed E-state index contributed by atoms with van der Waals surface area (Å²) in [5.41, 5.74) is 1.32. The molecule has 0 aliphatic heterocycles. The molecule has 0 radical (unpaired) electrons. The standard InChI is InChI=1S/C16H16ClFN2O3S/c1-10-3-6-13(9-15(10)17)19-16(21)11(2)20-24(22,23)14-7-4-12(18)5-8-14/h3-9,11,20H,1-2H3,(H,19,21)/t11-/m0/s1. The van der Waals surface area contributed by atoms with Gasteiger partial charge in [0.05, 0.1) is 10.9 Å². The van der Waals surface area contributed by atoms with E-state index in [9.17, 15) is 17.6 Å². The second kappa shape index (κ2) is 7.29. The van der Waals surface area contributed by atoms with E-state index in [0.717, 1.165) is 29.8 Å². The molecule has 0 spiro atoms. The number of benzene rings is 2. The van der Waals surface area contributed by atoms with Crippen LogP contribution in [0.25, 0.3) is 0 Å². The van der Waals surface area contributed by atoms with Crippen LogP contribution in [0.1, 0.15) is 12.5 Å². The smallest absolute Gasteiger partial charge is 0.242 e. The minimum atomic E-state index is -3.93. The Morgan fingerprint density at radius 3 is 2.38 bits per heavy atom. The molecule has 1 atom stereocenters. The fourth-order valence-corrected chi connectivity index (χ4v) is 3.27. The monoisotopic (exact) mass is 370 g/mol. The largest absolute Gasteiger partial charge is 0.325 e. The van der Waals surface area contributed by atoms with Gasteiger partial charge in [0.15, 0.2) is 0 Å². The van der Waals surface area contributed by atoms with Gasteiger partial charge in [-0.25, -0.2) is 12.8 Å². The Kier molecular flexibility index (Phi) is 5.58. The van der Waals surface area contributed by atoms with Crippen LogP contribution in [-0.2, 0) is 14.8 Å². The van der Waals surface area contributed by atoms with Crippen molar-refractivity contribution in [3.05, 3.63) is 58.9 Å². The van der Waals surface area contributed by atoms with Gasteiger partial charge in [0, 0.05) is 10.7 Å². The molecule has 0 saturated heterocycles. The van der Waals surface area contributed by atoms with Crippen LogP contribution >= 0.6 is 11.6 Å². The van der Waals surface area contributed by atoms with E-state index in [1.54, 1.807) is 18.2 Å². The van der Waals surface area contributed by atoms with Crippen LogP contribution in [0.5, 0.6) is 0 Å². The molecule has 0 aliphatic rings. The van der Waals surface area contributed by atoms with Crippen LogP contribution in [0.4, 0.5) is 10.1 Å². The molecule has 8 heteroatoms. The maximum absolute atomic E-state index is 12.9. The topological polar surface area (TPSA) is 75.3 Å². The summed E-state index contributed by atoms with van der Waals surface area (Å²) in [7, 11) is -3.93. The second-order valence-corrected chi connectivity index (χ2v) is 7.37. The quantitative estimate of drug-likeness (QED) is 0.849. The predicted molar refractivity (Wildman–Crippen MR) is 91.0 cm³/mol. The van der Waals surface area contributed by atoms with E-state index in [1.807, 2.05) is 6.92 Å². The summed E-state index contributed by atoms with van der Waals surface area (Å²) in [6.07, 6.45) is 0. The third kappa shape index (κ3) is 4.53. The van der Waals surface area contributed by atoms with Crippen LogP contribution in [-0.4, -0.2) is 20.4 Å². The van der Waals surface area contributed by atoms with Crippen molar-refractivity contribution in [2.75, 3.05) is 5.32 Å². The Bertz CT molecular complexity index is 854. The lowest BCUT2D eigenvalue weighted by atomic mass is 10.2. The third-order valence-corrected chi connectivity index (χ3v) is 5.25. The van der Waals surface area contributed by atoms with Crippen LogP contribution in [0.2, 0.25) is 5.02 Å². The number of rotatable bonds is 5. The number of nitrogens with one attached hydrogen (secondary N) is 2. The summed E-state index contributed by atoms with van der Waals surface area (Å²) in [5.74, 6) is -1.09. The summed E-state index contributed by atoms with van der Waals surface area (Å²) in [5, 5.41) is 3.08. The van der Waals surface area contributed by atoms with Gasteiger partial charge in [-0.1, -0.05) is 17.7 Å². The van der Waals surface area contributed by atoms with Crippen molar-refractivity contribution in [3.63, 3.8) is 0 Å². The van der Waals surface area contributed by atoms with Gasteiger partial charge in [-0.2, -0.15) is 4.72 Å². The Hall–Kier alpha value is -1.96. The Morgan fingerprint density at radius 2 is 1.79 bits per heavy atom. The number of sulfonamides is 1. The first kappa shape index (κ1) is 18.4. The fraction of sp³-hybridized carbons (Fsp3) is 0.188. The molecule has 24 heavy (non-hydrogen) atoms. The highest BCUT2D eigenvalue weighted by atomic mass is 35.5. The molecule has 1 amide bonds. The summed E-state index contributed by atoms with van der Waals surface area (Å²) in [6.45, 7) is 3.24. The van der Waals surface area contributed by atoms with E-state index >= 15 is 0 Å². The van der Waals surface area contributed by atoms with Gasteiger partial charge in [-0.3, -0.25) is 4.79 Å². The summed E-state index contributed by atoms with van der Waals surface area (Å²) >= 11 is 5.98. The van der Waals surface area contributed by atoms with E-state index in [0.29, 0.717) is 10.7 Å². The van der Waals surface area contributed by atoms with Crippen molar-refractivity contribution in [2.45, 2.75) is 24.8 Å². The third-order valence-electron chi connectivity index (χ3n) is 3.29. The molecule has 0 aromatic heterocycles. The number of aryl methyl sites for hydroxylation is 1. The number of hydrogen-bond donors (Lipinski definition) is 2. The normalized spacial score (nSPS) is 12.7. The molecule has 2 aromatic carbocycles. The zero-order valence-electron chi connectivity index (χ0n) is 13.0. The molecule has 2 N–H and O–H groups in total. The van der Waals surface area contributed by atoms with Gasteiger partial charge in [-0.15, -0.1) is 0 Å². The fourth-order valence-electron chi connectivity index (χ4n) is 1.89. The van der Waals surface area contributed by atoms with Crippen LogP contribution < -0.4 is 10.0 Å². The van der Waals surface area contributed by atoms with E-state index < -0.39 is 27.8 Å². The molecular formula is C16H16ClFN2O3S. The number of carbonyl (C=O) groups excluding carboxylic acids is 1. The lowest BCUT2D eigenvalue weighted by Crippen LogP contribution is -2.41. The Labute approximate surface area is 144 Å². The molecule has 0 aliphatic carbocycles. The first-order valence-corrected chi connectivity index (χ1v) is 8.90. The molecule has 2 rings (SSSR count). The minimum absolute atomic E-state index is 0.123. The maximum Gasteiger partial charge on any atom is 0.242 e. The second-order valence-electron chi connectivity index (χ2n) is 5.25. The zero-order chi connectivity index (χ0) is 17.9. The van der Waals surface area contributed by atoms with Crippen LogP contribution in [0, 0.1) is 12.7 Å².